The van der Waals surface area contributed by atoms with Crippen molar-refractivity contribution in [2.75, 3.05) is 13.2 Å². The summed E-state index contributed by atoms with van der Waals surface area (Å²) in [5, 5.41) is 16.0. The second-order valence-corrected chi connectivity index (χ2v) is 3.25. The molecule has 0 amide bonds. The van der Waals surface area contributed by atoms with Crippen LogP contribution >= 0.6 is 0 Å². The van der Waals surface area contributed by atoms with Gasteiger partial charge < -0.3 is 10.4 Å². The molecule has 13 heavy (non-hydrogen) atoms. The molecular weight excluding hydrogens is 168 g/mol. The highest BCUT2D eigenvalue weighted by molar-refractivity contribution is 4.79. The first kappa shape index (κ1) is 10.1. The molecule has 5 heteroatoms. The van der Waals surface area contributed by atoms with Gasteiger partial charge in [-0.2, -0.15) is 5.10 Å². The van der Waals surface area contributed by atoms with Crippen molar-refractivity contribution in [3.63, 3.8) is 0 Å². The standard InChI is InChI=1S/C8H16N4O/c1-7(5-13)3-9-4-8-10-6-12(2)11-8/h6-7,9,13H,3-5H2,1-2H3. The summed E-state index contributed by atoms with van der Waals surface area (Å²) in [6.45, 7) is 3.64. The topological polar surface area (TPSA) is 63.0 Å². The highest BCUT2D eigenvalue weighted by Crippen LogP contribution is 1.91. The second-order valence-electron chi connectivity index (χ2n) is 3.25. The largest absolute Gasteiger partial charge is 0.396 e. The van der Waals surface area contributed by atoms with E-state index in [-0.39, 0.29) is 12.5 Å². The number of nitrogens with zero attached hydrogens (tertiary/aromatic N) is 3. The Balaban J connectivity index is 2.20. The minimum Gasteiger partial charge on any atom is -0.396 e. The molecule has 0 saturated heterocycles. The number of aromatic nitrogens is 3. The van der Waals surface area contributed by atoms with Gasteiger partial charge in [-0.25, -0.2) is 4.98 Å². The van der Waals surface area contributed by atoms with E-state index in [0.717, 1.165) is 12.4 Å². The van der Waals surface area contributed by atoms with Gasteiger partial charge in [0.1, 0.15) is 6.33 Å². The van der Waals surface area contributed by atoms with Crippen molar-refractivity contribution in [3.05, 3.63) is 12.2 Å². The van der Waals surface area contributed by atoms with Gasteiger partial charge in [0.05, 0.1) is 6.54 Å². The molecule has 0 aliphatic carbocycles. The lowest BCUT2D eigenvalue weighted by Crippen LogP contribution is -2.23. The molecule has 0 aromatic carbocycles. The van der Waals surface area contributed by atoms with E-state index in [9.17, 15) is 0 Å². The van der Waals surface area contributed by atoms with Gasteiger partial charge in [-0.3, -0.25) is 4.68 Å². The van der Waals surface area contributed by atoms with Crippen LogP contribution in [0.1, 0.15) is 12.7 Å². The molecule has 1 atom stereocenters. The van der Waals surface area contributed by atoms with Gasteiger partial charge in [0.15, 0.2) is 5.82 Å². The highest BCUT2D eigenvalue weighted by Gasteiger charge is 2.01. The van der Waals surface area contributed by atoms with Gasteiger partial charge in [-0.1, -0.05) is 6.92 Å². The molecule has 0 fully saturated rings. The van der Waals surface area contributed by atoms with Crippen LogP contribution in [0, 0.1) is 5.92 Å². The van der Waals surface area contributed by atoms with Crippen LogP contribution in [0.5, 0.6) is 0 Å². The Morgan fingerprint density at radius 1 is 1.69 bits per heavy atom. The summed E-state index contributed by atoms with van der Waals surface area (Å²) in [4.78, 5) is 4.07. The van der Waals surface area contributed by atoms with E-state index in [2.05, 4.69) is 15.4 Å². The zero-order valence-corrected chi connectivity index (χ0v) is 8.06. The molecule has 0 bridgehead atoms. The fourth-order valence-corrected chi connectivity index (χ4v) is 0.960. The lowest BCUT2D eigenvalue weighted by Gasteiger charge is -2.07. The molecule has 74 valence electrons. The molecule has 1 heterocycles. The van der Waals surface area contributed by atoms with Crippen molar-refractivity contribution in [2.45, 2.75) is 13.5 Å². The molecule has 1 aromatic heterocycles. The van der Waals surface area contributed by atoms with E-state index in [1.807, 2.05) is 14.0 Å². The fraction of sp³-hybridized carbons (Fsp3) is 0.750. The van der Waals surface area contributed by atoms with Gasteiger partial charge in [0, 0.05) is 20.2 Å². The van der Waals surface area contributed by atoms with Crippen LogP contribution in [0.25, 0.3) is 0 Å². The molecule has 0 aliphatic rings. The number of aryl methyl sites for hydroxylation is 1. The van der Waals surface area contributed by atoms with Crippen LogP contribution in [-0.2, 0) is 13.6 Å². The molecule has 1 rings (SSSR count). The van der Waals surface area contributed by atoms with E-state index in [1.165, 1.54) is 0 Å². The number of rotatable bonds is 5. The summed E-state index contributed by atoms with van der Waals surface area (Å²) >= 11 is 0. The molecule has 0 aliphatic heterocycles. The molecular formula is C8H16N4O. The highest BCUT2D eigenvalue weighted by atomic mass is 16.3. The van der Waals surface area contributed by atoms with Crippen molar-refractivity contribution in [1.82, 2.24) is 20.1 Å². The Bertz CT molecular complexity index is 248. The Hall–Kier alpha value is -0.940. The minimum absolute atomic E-state index is 0.211. The molecule has 1 aromatic rings. The maximum atomic E-state index is 8.76. The zero-order valence-electron chi connectivity index (χ0n) is 8.06. The summed E-state index contributed by atoms with van der Waals surface area (Å²) in [6, 6.07) is 0. The van der Waals surface area contributed by atoms with E-state index in [0.29, 0.717) is 6.54 Å². The molecule has 0 saturated carbocycles. The van der Waals surface area contributed by atoms with Crippen LogP contribution < -0.4 is 5.32 Å². The van der Waals surface area contributed by atoms with Crippen LogP contribution in [-0.4, -0.2) is 33.0 Å². The van der Waals surface area contributed by atoms with Gasteiger partial charge >= 0.3 is 0 Å². The molecule has 5 nitrogen and oxygen atoms in total. The Morgan fingerprint density at radius 2 is 2.46 bits per heavy atom. The Labute approximate surface area is 77.8 Å². The van der Waals surface area contributed by atoms with Gasteiger partial charge in [-0.15, -0.1) is 0 Å². The number of hydrogen-bond donors (Lipinski definition) is 2. The zero-order chi connectivity index (χ0) is 9.68. The Morgan fingerprint density at radius 3 is 3.00 bits per heavy atom. The maximum absolute atomic E-state index is 8.76. The number of aliphatic hydroxyl groups excluding tert-OH is 1. The lowest BCUT2D eigenvalue weighted by atomic mass is 10.2. The van der Waals surface area contributed by atoms with Crippen LogP contribution in [0.15, 0.2) is 6.33 Å². The molecule has 1 unspecified atom stereocenters. The van der Waals surface area contributed by atoms with E-state index in [4.69, 9.17) is 5.11 Å². The number of hydrogen-bond acceptors (Lipinski definition) is 4. The normalized spacial score (nSPS) is 13.2. The third-order valence-electron chi connectivity index (χ3n) is 1.73. The molecule has 0 radical (unpaired) electrons. The second kappa shape index (κ2) is 4.94. The smallest absolute Gasteiger partial charge is 0.164 e. The summed E-state index contributed by atoms with van der Waals surface area (Å²) in [5.74, 6) is 1.07. The number of nitrogens with one attached hydrogen (secondary N) is 1. The van der Waals surface area contributed by atoms with Crippen molar-refractivity contribution in [1.29, 1.82) is 0 Å². The van der Waals surface area contributed by atoms with Crippen molar-refractivity contribution in [2.24, 2.45) is 13.0 Å². The maximum Gasteiger partial charge on any atom is 0.164 e. The third kappa shape index (κ3) is 3.52. The van der Waals surface area contributed by atoms with E-state index in [1.54, 1.807) is 11.0 Å². The van der Waals surface area contributed by atoms with E-state index < -0.39 is 0 Å². The first-order chi connectivity index (χ1) is 6.22. The average Bonchev–Trinajstić information content (AvgIpc) is 2.51. The molecule has 2 N–H and O–H groups in total. The van der Waals surface area contributed by atoms with Crippen molar-refractivity contribution in [3.8, 4) is 0 Å². The van der Waals surface area contributed by atoms with E-state index >= 15 is 0 Å². The summed E-state index contributed by atoms with van der Waals surface area (Å²) < 4.78 is 1.67. The first-order valence-corrected chi connectivity index (χ1v) is 4.38. The number of aliphatic hydroxyl groups is 1. The van der Waals surface area contributed by atoms with Crippen molar-refractivity contribution >= 4 is 0 Å². The monoisotopic (exact) mass is 184 g/mol. The predicted octanol–water partition coefficient (Wildman–Crippen LogP) is -0.467. The Kier molecular flexibility index (Phi) is 3.85. The van der Waals surface area contributed by atoms with Crippen molar-refractivity contribution < 1.29 is 5.11 Å². The van der Waals surface area contributed by atoms with Crippen LogP contribution in [0.2, 0.25) is 0 Å². The SMILES string of the molecule is CC(CO)CNCc1ncn(C)n1. The predicted molar refractivity (Wildman–Crippen MR) is 49.0 cm³/mol. The van der Waals surface area contributed by atoms with Gasteiger partial charge in [0.2, 0.25) is 0 Å². The van der Waals surface area contributed by atoms with Gasteiger partial charge in [0.25, 0.3) is 0 Å². The molecule has 0 spiro atoms. The van der Waals surface area contributed by atoms with Gasteiger partial charge in [-0.05, 0) is 5.92 Å². The first-order valence-electron chi connectivity index (χ1n) is 4.38. The fourth-order valence-electron chi connectivity index (χ4n) is 0.960. The lowest BCUT2D eigenvalue weighted by molar-refractivity contribution is 0.233. The third-order valence-corrected chi connectivity index (χ3v) is 1.73. The van der Waals surface area contributed by atoms with Crippen LogP contribution in [0.3, 0.4) is 0 Å². The summed E-state index contributed by atoms with van der Waals surface area (Å²) in [6.07, 6.45) is 1.67. The minimum atomic E-state index is 0.211. The summed E-state index contributed by atoms with van der Waals surface area (Å²) in [7, 11) is 1.84. The van der Waals surface area contributed by atoms with Crippen LogP contribution in [0.4, 0.5) is 0 Å². The quantitative estimate of drug-likeness (QED) is 0.649. The summed E-state index contributed by atoms with van der Waals surface area (Å²) in [5.41, 5.74) is 0. The average molecular weight is 184 g/mol.